The summed E-state index contributed by atoms with van der Waals surface area (Å²) in [5, 5.41) is 35.1. The maximum atomic E-state index is 12.9. The molecule has 1 amide bonds. The molecule has 65 heavy (non-hydrogen) atoms. The van der Waals surface area contributed by atoms with Gasteiger partial charge in [-0.3, -0.25) is 14.4 Å². The lowest BCUT2D eigenvalue weighted by Crippen LogP contribution is -2.42. The molecule has 356 valence electrons. The van der Waals surface area contributed by atoms with Crippen molar-refractivity contribution in [2.45, 2.75) is 67.5 Å². The molecule has 6 aromatic rings. The van der Waals surface area contributed by atoms with Gasteiger partial charge in [-0.25, -0.2) is 14.8 Å². The predicted molar refractivity (Wildman–Crippen MR) is 289 cm³/mol. The summed E-state index contributed by atoms with van der Waals surface area (Å²) in [6.45, 7) is 0. The average Bonchev–Trinajstić information content (AvgIpc) is 3.92. The van der Waals surface area contributed by atoms with Crippen molar-refractivity contribution in [3.63, 3.8) is 0 Å². The number of ketones is 2. The summed E-state index contributed by atoms with van der Waals surface area (Å²) in [5.74, 6) is 0.264. The van der Waals surface area contributed by atoms with Gasteiger partial charge in [0.2, 0.25) is 0 Å². The number of aromatic hydroxyl groups is 2. The van der Waals surface area contributed by atoms with Gasteiger partial charge in [0, 0.05) is 27.5 Å². The fourth-order valence-corrected chi connectivity index (χ4v) is 7.89. The molecule has 6 rings (SSSR count). The van der Waals surface area contributed by atoms with Crippen LogP contribution in [0, 0.1) is 0 Å². The monoisotopic (exact) mass is 1000 g/mol. The maximum absolute atomic E-state index is 12.9. The quantitative estimate of drug-likeness (QED) is 0.0582. The molecule has 0 aliphatic rings. The summed E-state index contributed by atoms with van der Waals surface area (Å²) in [6.07, 6.45) is 5.78. The van der Waals surface area contributed by atoms with E-state index >= 15 is 0 Å². The second-order valence-corrected chi connectivity index (χ2v) is 16.7. The Morgan fingerprint density at radius 3 is 1.49 bits per heavy atom. The number of thiazole rings is 2. The summed E-state index contributed by atoms with van der Waals surface area (Å²) in [6, 6.07) is 30.5. The lowest BCUT2D eigenvalue weighted by atomic mass is 10.1. The molecule has 0 fully saturated rings. The largest absolute Gasteiger partial charge is 0.508 e. The zero-order valence-corrected chi connectivity index (χ0v) is 38.8. The Hall–Kier alpha value is -4.62. The molecule has 0 saturated heterocycles. The third-order valence-electron chi connectivity index (χ3n) is 8.45. The normalized spacial score (nSPS) is 10.4. The molecule has 0 spiro atoms. The minimum atomic E-state index is -1.03. The van der Waals surface area contributed by atoms with Crippen LogP contribution in [0.3, 0.4) is 0 Å². The number of nitrogens with two attached hydrogens (primary N) is 1. The van der Waals surface area contributed by atoms with Gasteiger partial charge in [-0.1, -0.05) is 103 Å². The van der Waals surface area contributed by atoms with Gasteiger partial charge >= 0.3 is 5.97 Å². The number of carboxylic acids is 1. The zero-order valence-electron chi connectivity index (χ0n) is 33.5. The van der Waals surface area contributed by atoms with E-state index in [0.29, 0.717) is 18.4 Å². The fraction of sp³-hybridized carbons (Fsp3) is 0.292. The summed E-state index contributed by atoms with van der Waals surface area (Å²) >= 11 is 6.30. The van der Waals surface area contributed by atoms with Gasteiger partial charge in [0.1, 0.15) is 21.5 Å². The maximum Gasteiger partial charge on any atom is 0.335 e. The molecule has 4 aromatic carbocycles. The van der Waals surface area contributed by atoms with Crippen LogP contribution >= 0.6 is 73.2 Å². The van der Waals surface area contributed by atoms with E-state index < -0.39 is 12.0 Å². The van der Waals surface area contributed by atoms with Crippen LogP contribution in [0.15, 0.2) is 120 Å². The number of carbonyl (C=O) groups excluding carboxylic acids is 3. The number of phenolic OH excluding ortho intramolecular Hbond substituents is 2. The average molecular weight is 1000 g/mol. The number of aromatic nitrogens is 2. The molecule has 0 saturated carbocycles. The molecule has 17 heteroatoms. The molecule has 0 bridgehead atoms. The predicted octanol–water partition coefficient (Wildman–Crippen LogP) is 11.0. The molecular formula is C48H66N4O7S6. The lowest BCUT2D eigenvalue weighted by molar-refractivity contribution is -0.120. The van der Waals surface area contributed by atoms with E-state index in [1.807, 2.05) is 83.9 Å². The number of thioether (sulfide) groups is 2. The van der Waals surface area contributed by atoms with Gasteiger partial charge in [0.25, 0.3) is 5.91 Å². The van der Waals surface area contributed by atoms with Gasteiger partial charge in [0.05, 0.1) is 41.9 Å². The topological polar surface area (TPSA) is 193 Å². The summed E-state index contributed by atoms with van der Waals surface area (Å²) in [5.41, 5.74) is 10.2. The van der Waals surface area contributed by atoms with Gasteiger partial charge < -0.3 is 26.4 Å². The second-order valence-electron chi connectivity index (χ2n) is 12.9. The number of carbonyl (C=O) groups is 4. The van der Waals surface area contributed by atoms with Crippen molar-refractivity contribution in [3.8, 4) is 34.0 Å². The van der Waals surface area contributed by atoms with E-state index in [1.165, 1.54) is 59.1 Å². The summed E-state index contributed by atoms with van der Waals surface area (Å²) in [4.78, 5) is 56.8. The van der Waals surface area contributed by atoms with E-state index in [0.717, 1.165) is 50.5 Å². The van der Waals surface area contributed by atoms with E-state index in [9.17, 15) is 24.3 Å². The SMILES string of the molecule is C.C.C.C.CSCC[C@H](N)C(=O)Cc1nc(-c2ccccc2)cs1.CSCC[C@H](NC(=O)c1cccc(O)c1)C(=O)Cc1nc(-c2ccccc2)cs1.O=C(O)c1cccc(O)c1.S.S. The fourth-order valence-electron chi connectivity index (χ4n) is 5.30. The van der Waals surface area contributed by atoms with Crippen molar-refractivity contribution >= 4 is 96.6 Å². The van der Waals surface area contributed by atoms with Crippen LogP contribution in [-0.2, 0) is 22.4 Å². The number of nitrogens with one attached hydrogen (secondary N) is 1. The van der Waals surface area contributed by atoms with Crippen LogP contribution in [0.2, 0.25) is 0 Å². The van der Waals surface area contributed by atoms with Crippen LogP contribution in [0.5, 0.6) is 11.5 Å². The number of hydrogen-bond donors (Lipinski definition) is 5. The highest BCUT2D eigenvalue weighted by molar-refractivity contribution is 7.98. The molecule has 0 unspecified atom stereocenters. The van der Waals surface area contributed by atoms with Gasteiger partial charge in [0.15, 0.2) is 11.6 Å². The van der Waals surface area contributed by atoms with E-state index in [1.54, 1.807) is 35.7 Å². The third-order valence-corrected chi connectivity index (χ3v) is 11.4. The molecule has 0 radical (unpaired) electrons. The first-order valence-corrected chi connectivity index (χ1v) is 22.9. The molecule has 2 heterocycles. The Balaban J connectivity index is -0.000000936. The number of rotatable bonds is 17. The number of Topliss-reactive ketones (excluding diaryl/α,β-unsaturated/α-hetero) is 2. The second kappa shape index (κ2) is 34.7. The van der Waals surface area contributed by atoms with Gasteiger partial charge in [-0.05, 0) is 73.3 Å². The Labute approximate surface area is 416 Å². The molecule has 0 aliphatic carbocycles. The van der Waals surface area contributed by atoms with Crippen LogP contribution < -0.4 is 11.1 Å². The minimum Gasteiger partial charge on any atom is -0.508 e. The van der Waals surface area contributed by atoms with Crippen LogP contribution in [0.25, 0.3) is 22.5 Å². The molecule has 11 nitrogen and oxygen atoms in total. The van der Waals surface area contributed by atoms with Crippen LogP contribution in [-0.4, -0.2) is 84.8 Å². The first-order valence-electron chi connectivity index (χ1n) is 18.4. The van der Waals surface area contributed by atoms with Crippen molar-refractivity contribution in [3.05, 3.63) is 141 Å². The summed E-state index contributed by atoms with van der Waals surface area (Å²) in [7, 11) is 0. The standard InChI is InChI=1S/C22H22N2O3S2.C15H18N2OS2.C7H6O3.4CH4.2H2S/c1-28-11-10-18(24-22(27)16-8-5-9-17(25)12-16)20(26)13-21-23-19(14-29-21)15-6-3-2-4-7-15;1-19-8-7-12(16)14(18)9-15-17-13(10-20-15)11-5-3-2-4-6-11;8-6-3-1-2-5(4-6)7(9)10;;;;;;/h2-9,12,14,18,25H,10-11,13H2,1H3,(H,24,27);2-6,10,12H,7-9,16H2,1H3;1-4,8H,(H,9,10);4*1H4;2*1H2/t18-;12-;;;;;;;/m00......./s1. The number of phenols is 2. The highest BCUT2D eigenvalue weighted by atomic mass is 32.2. The number of benzene rings is 4. The van der Waals surface area contributed by atoms with E-state index in [-0.39, 0.29) is 104 Å². The molecule has 2 atom stereocenters. The minimum absolute atomic E-state index is 0. The number of carboxylic acid groups (broad SMARTS) is 1. The lowest BCUT2D eigenvalue weighted by Gasteiger charge is -2.17. The molecule has 0 aliphatic heterocycles. The Bertz CT molecular complexity index is 2260. The smallest absolute Gasteiger partial charge is 0.335 e. The summed E-state index contributed by atoms with van der Waals surface area (Å²) < 4.78 is 0. The van der Waals surface area contributed by atoms with Crippen molar-refractivity contribution in [2.24, 2.45) is 5.73 Å². The van der Waals surface area contributed by atoms with Crippen LogP contribution in [0.1, 0.15) is 73.3 Å². The number of amides is 1. The Morgan fingerprint density at radius 2 is 1.06 bits per heavy atom. The molecule has 6 N–H and O–H groups in total. The first kappa shape index (κ1) is 64.7. The first-order chi connectivity index (χ1) is 28.5. The van der Waals surface area contributed by atoms with Crippen molar-refractivity contribution in [2.75, 3.05) is 24.0 Å². The Kier molecular flexibility index (Phi) is 34.5. The van der Waals surface area contributed by atoms with Gasteiger partial charge in [-0.2, -0.15) is 50.5 Å². The molecule has 2 aromatic heterocycles. The van der Waals surface area contributed by atoms with E-state index in [2.05, 4.69) is 15.3 Å². The highest BCUT2D eigenvalue weighted by Crippen LogP contribution is 2.24. The number of aromatic carboxylic acids is 1. The highest BCUT2D eigenvalue weighted by Gasteiger charge is 2.23. The Morgan fingerprint density at radius 1 is 0.631 bits per heavy atom. The van der Waals surface area contributed by atoms with E-state index in [4.69, 9.17) is 15.9 Å². The number of hydrogen-bond acceptors (Lipinski definition) is 13. The van der Waals surface area contributed by atoms with Gasteiger partial charge in [-0.15, -0.1) is 22.7 Å². The third kappa shape index (κ3) is 22.4. The van der Waals surface area contributed by atoms with Crippen molar-refractivity contribution in [1.82, 2.24) is 15.3 Å². The van der Waals surface area contributed by atoms with Crippen molar-refractivity contribution < 1.29 is 34.5 Å². The van der Waals surface area contributed by atoms with Crippen molar-refractivity contribution in [1.29, 1.82) is 0 Å². The molecular weight excluding hydrogens is 937 g/mol. The zero-order chi connectivity index (χ0) is 42.6. The number of nitrogens with zero attached hydrogens (tertiary/aromatic N) is 2. The van der Waals surface area contributed by atoms with Crippen LogP contribution in [0.4, 0.5) is 0 Å².